The van der Waals surface area contributed by atoms with Crippen molar-refractivity contribution in [2.75, 3.05) is 30.7 Å². The zero-order valence-electron chi connectivity index (χ0n) is 19.1. The van der Waals surface area contributed by atoms with Crippen molar-refractivity contribution in [3.05, 3.63) is 72.4 Å². The third-order valence-corrected chi connectivity index (χ3v) is 8.20. The number of nitrogens with zero attached hydrogens (tertiary/aromatic N) is 4. The van der Waals surface area contributed by atoms with E-state index >= 15 is 0 Å². The SMILES string of the molecule is Cc1cnn2c(NCC3CCCN(S(=O)(=O)c4ccccc4)C3)cc(-c3ccccc3N)nc12. The van der Waals surface area contributed by atoms with E-state index in [0.717, 1.165) is 41.1 Å². The number of fused-ring (bicyclic) bond motifs is 1. The van der Waals surface area contributed by atoms with Crippen molar-refractivity contribution in [1.82, 2.24) is 18.9 Å². The number of nitrogen functional groups attached to an aromatic ring is 1. The number of sulfonamides is 1. The molecular weight excluding hydrogens is 448 g/mol. The molecule has 0 aliphatic carbocycles. The second-order valence-corrected chi connectivity index (χ2v) is 10.7. The predicted octanol–water partition coefficient (Wildman–Crippen LogP) is 3.80. The molecule has 5 rings (SSSR count). The largest absolute Gasteiger partial charge is 0.398 e. The zero-order valence-corrected chi connectivity index (χ0v) is 19.9. The number of benzene rings is 2. The third-order valence-electron chi connectivity index (χ3n) is 6.32. The highest BCUT2D eigenvalue weighted by atomic mass is 32.2. The number of hydrogen-bond acceptors (Lipinski definition) is 6. The van der Waals surface area contributed by atoms with Crippen molar-refractivity contribution >= 4 is 27.2 Å². The topological polar surface area (TPSA) is 106 Å². The number of hydrogen-bond donors (Lipinski definition) is 2. The summed E-state index contributed by atoms with van der Waals surface area (Å²) in [5.41, 5.74) is 10.2. The number of aryl methyl sites for hydroxylation is 1. The van der Waals surface area contributed by atoms with Crippen molar-refractivity contribution in [2.45, 2.75) is 24.7 Å². The second kappa shape index (κ2) is 9.08. The fraction of sp³-hybridized carbons (Fsp3) is 0.280. The van der Waals surface area contributed by atoms with Crippen LogP contribution in [0.1, 0.15) is 18.4 Å². The Bertz CT molecular complexity index is 1420. The van der Waals surface area contributed by atoms with Crippen LogP contribution >= 0.6 is 0 Å². The van der Waals surface area contributed by atoms with Gasteiger partial charge in [0, 0.05) is 42.5 Å². The summed E-state index contributed by atoms with van der Waals surface area (Å²) < 4.78 is 29.6. The van der Waals surface area contributed by atoms with Gasteiger partial charge in [0.15, 0.2) is 5.65 Å². The molecule has 1 saturated heterocycles. The molecule has 9 heteroatoms. The first-order chi connectivity index (χ1) is 16.4. The maximum absolute atomic E-state index is 13.1. The van der Waals surface area contributed by atoms with Crippen LogP contribution in [0.4, 0.5) is 11.5 Å². The smallest absolute Gasteiger partial charge is 0.243 e. The van der Waals surface area contributed by atoms with Gasteiger partial charge in [0.25, 0.3) is 0 Å². The summed E-state index contributed by atoms with van der Waals surface area (Å²) in [6.45, 7) is 3.63. The molecular formula is C25H28N6O2S. The van der Waals surface area contributed by atoms with Gasteiger partial charge in [0.1, 0.15) is 5.82 Å². The van der Waals surface area contributed by atoms with Gasteiger partial charge in [-0.25, -0.2) is 13.4 Å². The molecule has 1 aliphatic rings. The van der Waals surface area contributed by atoms with Gasteiger partial charge in [-0.1, -0.05) is 36.4 Å². The van der Waals surface area contributed by atoms with Crippen LogP contribution in [-0.4, -0.2) is 47.0 Å². The number of para-hydroxylation sites is 1. The number of piperidine rings is 1. The monoisotopic (exact) mass is 476 g/mol. The molecule has 0 spiro atoms. The van der Waals surface area contributed by atoms with Gasteiger partial charge in [0.2, 0.25) is 10.0 Å². The second-order valence-electron chi connectivity index (χ2n) is 8.74. The molecule has 2 aromatic carbocycles. The number of nitrogens with one attached hydrogen (secondary N) is 1. The fourth-order valence-electron chi connectivity index (χ4n) is 4.47. The fourth-order valence-corrected chi connectivity index (χ4v) is 6.04. The van der Waals surface area contributed by atoms with Crippen molar-refractivity contribution in [2.24, 2.45) is 5.92 Å². The van der Waals surface area contributed by atoms with Crippen LogP contribution in [0.3, 0.4) is 0 Å². The molecule has 0 bridgehead atoms. The van der Waals surface area contributed by atoms with Crippen molar-refractivity contribution in [1.29, 1.82) is 0 Å². The van der Waals surface area contributed by atoms with E-state index in [1.165, 1.54) is 0 Å². The molecule has 3 N–H and O–H groups in total. The quantitative estimate of drug-likeness (QED) is 0.410. The normalized spacial score (nSPS) is 17.1. The highest BCUT2D eigenvalue weighted by Gasteiger charge is 2.30. The lowest BCUT2D eigenvalue weighted by Gasteiger charge is -2.32. The number of nitrogens with two attached hydrogens (primary N) is 1. The minimum absolute atomic E-state index is 0.178. The van der Waals surface area contributed by atoms with E-state index in [9.17, 15) is 8.42 Å². The first-order valence-electron chi connectivity index (χ1n) is 11.4. The standard InChI is InChI=1S/C25H28N6O2S/c1-18-15-28-31-24(14-23(29-25(18)31)21-11-5-6-12-22(21)26)27-16-19-8-7-13-30(17-19)34(32,33)20-9-3-2-4-10-20/h2-6,9-12,14-15,19,27H,7-8,13,16-17,26H2,1H3. The average molecular weight is 477 g/mol. The summed E-state index contributed by atoms with van der Waals surface area (Å²) in [4.78, 5) is 5.14. The molecule has 1 atom stereocenters. The minimum Gasteiger partial charge on any atom is -0.398 e. The van der Waals surface area contributed by atoms with E-state index in [4.69, 9.17) is 10.7 Å². The van der Waals surface area contributed by atoms with Gasteiger partial charge in [-0.3, -0.25) is 0 Å². The van der Waals surface area contributed by atoms with E-state index in [-0.39, 0.29) is 5.92 Å². The molecule has 1 unspecified atom stereocenters. The minimum atomic E-state index is -3.49. The summed E-state index contributed by atoms with van der Waals surface area (Å²) in [5.74, 6) is 0.983. The molecule has 176 valence electrons. The molecule has 0 radical (unpaired) electrons. The molecule has 4 aromatic rings. The van der Waals surface area contributed by atoms with E-state index in [1.54, 1.807) is 39.3 Å². The van der Waals surface area contributed by atoms with Crippen LogP contribution in [-0.2, 0) is 10.0 Å². The summed E-state index contributed by atoms with van der Waals surface area (Å²) >= 11 is 0. The van der Waals surface area contributed by atoms with Crippen LogP contribution in [0.5, 0.6) is 0 Å². The van der Waals surface area contributed by atoms with Crippen molar-refractivity contribution in [3.63, 3.8) is 0 Å². The van der Waals surface area contributed by atoms with Crippen LogP contribution < -0.4 is 11.1 Å². The van der Waals surface area contributed by atoms with E-state index < -0.39 is 10.0 Å². The molecule has 0 saturated carbocycles. The van der Waals surface area contributed by atoms with Crippen molar-refractivity contribution < 1.29 is 8.42 Å². The van der Waals surface area contributed by atoms with E-state index in [1.807, 2.05) is 43.3 Å². The van der Waals surface area contributed by atoms with Gasteiger partial charge in [-0.2, -0.15) is 13.9 Å². The van der Waals surface area contributed by atoms with E-state index in [0.29, 0.717) is 30.2 Å². The van der Waals surface area contributed by atoms with Gasteiger partial charge >= 0.3 is 0 Å². The number of anilines is 2. The molecule has 3 heterocycles. The lowest BCUT2D eigenvalue weighted by molar-refractivity contribution is 0.275. The molecule has 1 fully saturated rings. The Morgan fingerprint density at radius 2 is 1.88 bits per heavy atom. The Labute approximate surface area is 199 Å². The van der Waals surface area contributed by atoms with E-state index in [2.05, 4.69) is 10.4 Å². The molecule has 0 amide bonds. The van der Waals surface area contributed by atoms with Gasteiger partial charge < -0.3 is 11.1 Å². The first-order valence-corrected chi connectivity index (χ1v) is 12.9. The molecule has 8 nitrogen and oxygen atoms in total. The van der Waals surface area contributed by atoms with Crippen molar-refractivity contribution in [3.8, 4) is 11.3 Å². The summed E-state index contributed by atoms with van der Waals surface area (Å²) in [5, 5.41) is 8.00. The van der Waals surface area contributed by atoms with Crippen LogP contribution in [0.2, 0.25) is 0 Å². The molecule has 1 aliphatic heterocycles. The first kappa shape index (κ1) is 22.4. The highest BCUT2D eigenvalue weighted by molar-refractivity contribution is 7.89. The van der Waals surface area contributed by atoms with Crippen LogP contribution in [0, 0.1) is 12.8 Å². The highest BCUT2D eigenvalue weighted by Crippen LogP contribution is 2.29. The van der Waals surface area contributed by atoms with Gasteiger partial charge in [-0.15, -0.1) is 0 Å². The van der Waals surface area contributed by atoms with Gasteiger partial charge in [-0.05, 0) is 43.9 Å². The average Bonchev–Trinajstić information content (AvgIpc) is 3.24. The Hall–Kier alpha value is -3.43. The number of rotatable bonds is 6. The maximum Gasteiger partial charge on any atom is 0.243 e. The Morgan fingerprint density at radius 3 is 2.68 bits per heavy atom. The Kier molecular flexibility index (Phi) is 5.97. The Balaban J connectivity index is 1.38. The zero-order chi connectivity index (χ0) is 23.7. The molecule has 2 aromatic heterocycles. The summed E-state index contributed by atoms with van der Waals surface area (Å²) in [6, 6.07) is 18.3. The summed E-state index contributed by atoms with van der Waals surface area (Å²) in [7, 11) is -3.49. The summed E-state index contributed by atoms with van der Waals surface area (Å²) in [6.07, 6.45) is 3.58. The predicted molar refractivity (Wildman–Crippen MR) is 134 cm³/mol. The van der Waals surface area contributed by atoms with Crippen LogP contribution in [0.25, 0.3) is 16.9 Å². The van der Waals surface area contributed by atoms with Gasteiger partial charge in [0.05, 0.1) is 16.8 Å². The van der Waals surface area contributed by atoms with Crippen LogP contribution in [0.15, 0.2) is 71.8 Å². The maximum atomic E-state index is 13.1. The Morgan fingerprint density at radius 1 is 1.12 bits per heavy atom. The number of aromatic nitrogens is 3. The molecule has 34 heavy (non-hydrogen) atoms. The third kappa shape index (κ3) is 4.24. The lowest BCUT2D eigenvalue weighted by Crippen LogP contribution is -2.41. The lowest BCUT2D eigenvalue weighted by atomic mass is 10.00.